The van der Waals surface area contributed by atoms with E-state index in [1.54, 1.807) is 35.5 Å². The molecule has 0 bridgehead atoms. The van der Waals surface area contributed by atoms with Crippen LogP contribution in [-0.4, -0.2) is 45.6 Å². The van der Waals surface area contributed by atoms with Gasteiger partial charge in [-0.15, -0.1) is 0 Å². The van der Waals surface area contributed by atoms with E-state index in [2.05, 4.69) is 15.3 Å². The summed E-state index contributed by atoms with van der Waals surface area (Å²) in [6.07, 6.45) is 3.52. The second-order valence-corrected chi connectivity index (χ2v) is 9.19. The van der Waals surface area contributed by atoms with Crippen molar-refractivity contribution in [3.05, 3.63) is 64.0 Å². The lowest BCUT2D eigenvalue weighted by atomic mass is 10.2. The second-order valence-electron chi connectivity index (χ2n) is 8.38. The van der Waals surface area contributed by atoms with Gasteiger partial charge in [-0.05, 0) is 57.0 Å². The molecule has 9 heteroatoms. The molecule has 0 aliphatic carbocycles. The van der Waals surface area contributed by atoms with Crippen molar-refractivity contribution >= 4 is 46.1 Å². The highest BCUT2D eigenvalue weighted by molar-refractivity contribution is 6.39. The second kappa shape index (κ2) is 10.2. The molecular weight excluding hydrogens is 451 g/mol. The number of carbonyl (C=O) groups excluding carboxylic acids is 2. The van der Waals surface area contributed by atoms with E-state index in [1.807, 2.05) is 32.9 Å². The number of fused-ring (bicyclic) bond motifs is 1. The lowest BCUT2D eigenvalue weighted by Crippen LogP contribution is -2.38. The predicted molar refractivity (Wildman–Crippen MR) is 126 cm³/mol. The Bertz CT molecular complexity index is 1090. The molecule has 0 radical (unpaired) electrons. The molecule has 0 aliphatic heterocycles. The molecule has 0 atom stereocenters. The fourth-order valence-corrected chi connectivity index (χ4v) is 3.58. The number of H-pyrrole nitrogens is 1. The van der Waals surface area contributed by atoms with Crippen LogP contribution in [0, 0.1) is 0 Å². The van der Waals surface area contributed by atoms with Gasteiger partial charge in [0, 0.05) is 41.4 Å². The smallest absolute Gasteiger partial charge is 0.410 e. The van der Waals surface area contributed by atoms with Crippen LogP contribution in [0.5, 0.6) is 0 Å². The molecule has 0 aliphatic rings. The van der Waals surface area contributed by atoms with E-state index in [4.69, 9.17) is 27.9 Å². The monoisotopic (exact) mass is 476 g/mol. The van der Waals surface area contributed by atoms with E-state index in [-0.39, 0.29) is 11.6 Å². The van der Waals surface area contributed by atoms with Gasteiger partial charge in [0.2, 0.25) is 0 Å². The third-order valence-corrected chi connectivity index (χ3v) is 5.19. The van der Waals surface area contributed by atoms with Gasteiger partial charge in [0.25, 0.3) is 5.91 Å². The van der Waals surface area contributed by atoms with Crippen LogP contribution >= 0.6 is 23.2 Å². The summed E-state index contributed by atoms with van der Waals surface area (Å²) in [4.78, 5) is 34.0. The number of amides is 2. The quantitative estimate of drug-likeness (QED) is 0.445. The minimum atomic E-state index is -0.603. The van der Waals surface area contributed by atoms with Crippen LogP contribution in [0.15, 0.2) is 42.7 Å². The lowest BCUT2D eigenvalue weighted by molar-refractivity contribution is 0.0232. The summed E-state index contributed by atoms with van der Waals surface area (Å²) in [5.41, 5.74) is 1.31. The minimum Gasteiger partial charge on any atom is -0.444 e. The van der Waals surface area contributed by atoms with Gasteiger partial charge in [-0.1, -0.05) is 29.3 Å². The van der Waals surface area contributed by atoms with E-state index >= 15 is 0 Å². The Labute approximate surface area is 197 Å². The minimum absolute atomic E-state index is 0.281. The first-order valence-electron chi connectivity index (χ1n) is 10.3. The first-order chi connectivity index (χ1) is 15.1. The van der Waals surface area contributed by atoms with Crippen molar-refractivity contribution in [2.24, 2.45) is 0 Å². The molecule has 0 saturated heterocycles. The zero-order valence-electron chi connectivity index (χ0n) is 18.2. The normalized spacial score (nSPS) is 11.4. The summed E-state index contributed by atoms with van der Waals surface area (Å²) >= 11 is 12.4. The van der Waals surface area contributed by atoms with Crippen LogP contribution in [0.2, 0.25) is 10.0 Å². The van der Waals surface area contributed by atoms with Crippen LogP contribution in [0.4, 0.5) is 4.79 Å². The Morgan fingerprint density at radius 2 is 2.00 bits per heavy atom. The molecule has 3 rings (SSSR count). The topological polar surface area (TPSA) is 87.3 Å². The average Bonchev–Trinajstić information content (AvgIpc) is 3.05. The largest absolute Gasteiger partial charge is 0.444 e. The number of nitrogens with one attached hydrogen (secondary N) is 2. The van der Waals surface area contributed by atoms with Crippen molar-refractivity contribution in [3.8, 4) is 0 Å². The van der Waals surface area contributed by atoms with Crippen molar-refractivity contribution in [2.45, 2.75) is 39.3 Å². The van der Waals surface area contributed by atoms with Crippen molar-refractivity contribution < 1.29 is 14.3 Å². The molecule has 0 saturated carbocycles. The van der Waals surface area contributed by atoms with Gasteiger partial charge in [0.1, 0.15) is 11.3 Å². The molecule has 2 heterocycles. The molecule has 3 aromatic rings. The highest BCUT2D eigenvalue weighted by atomic mass is 35.5. The number of hydrogen-bond acceptors (Lipinski definition) is 4. The third-order valence-electron chi connectivity index (χ3n) is 4.56. The number of nitrogens with zero attached hydrogens (tertiary/aromatic N) is 2. The third kappa shape index (κ3) is 6.37. The molecule has 2 N–H and O–H groups in total. The van der Waals surface area contributed by atoms with Crippen molar-refractivity contribution in [3.63, 3.8) is 0 Å². The molecule has 0 unspecified atom stereocenters. The maximum absolute atomic E-state index is 12.6. The number of aromatic nitrogens is 2. The van der Waals surface area contributed by atoms with Gasteiger partial charge < -0.3 is 19.9 Å². The Morgan fingerprint density at radius 3 is 2.69 bits per heavy atom. The number of carbonyl (C=O) groups is 2. The van der Waals surface area contributed by atoms with Gasteiger partial charge in [0.05, 0.1) is 11.6 Å². The van der Waals surface area contributed by atoms with Gasteiger partial charge in [-0.25, -0.2) is 4.79 Å². The van der Waals surface area contributed by atoms with Gasteiger partial charge in [-0.2, -0.15) is 0 Å². The summed E-state index contributed by atoms with van der Waals surface area (Å²) in [6.45, 7) is 6.60. The number of hydrogen-bond donors (Lipinski definition) is 2. The molecule has 2 aromatic heterocycles. The van der Waals surface area contributed by atoms with E-state index in [9.17, 15) is 9.59 Å². The summed E-state index contributed by atoms with van der Waals surface area (Å²) < 4.78 is 5.52. The van der Waals surface area contributed by atoms with Gasteiger partial charge >= 0.3 is 6.09 Å². The van der Waals surface area contributed by atoms with E-state index in [0.29, 0.717) is 41.5 Å². The molecule has 32 heavy (non-hydrogen) atoms. The summed E-state index contributed by atoms with van der Waals surface area (Å²) in [6, 6.07) is 8.93. The number of ether oxygens (including phenoxy) is 1. The maximum Gasteiger partial charge on any atom is 0.410 e. The average molecular weight is 477 g/mol. The Balaban J connectivity index is 1.59. The van der Waals surface area contributed by atoms with Crippen LogP contribution in [0.3, 0.4) is 0 Å². The highest BCUT2D eigenvalue weighted by Crippen LogP contribution is 2.29. The number of aromatic amines is 1. The summed E-state index contributed by atoms with van der Waals surface area (Å²) in [7, 11) is 0. The molecule has 1 aromatic carbocycles. The highest BCUT2D eigenvalue weighted by Gasteiger charge is 2.22. The first kappa shape index (κ1) is 23.9. The Hall–Kier alpha value is -2.77. The van der Waals surface area contributed by atoms with Gasteiger partial charge in [0.15, 0.2) is 0 Å². The van der Waals surface area contributed by atoms with E-state index < -0.39 is 11.7 Å². The lowest BCUT2D eigenvalue weighted by Gasteiger charge is -2.27. The molecule has 2 amide bonds. The maximum atomic E-state index is 12.6. The zero-order chi connectivity index (χ0) is 23.3. The predicted octanol–water partition coefficient (Wildman–Crippen LogP) is 5.43. The van der Waals surface area contributed by atoms with E-state index in [0.717, 1.165) is 11.1 Å². The molecule has 7 nitrogen and oxygen atoms in total. The summed E-state index contributed by atoms with van der Waals surface area (Å²) in [5.74, 6) is -0.321. The standard InChI is InChI=1S/C23H26Cl2N4O3/c1-23(2,3)32-22(31)29(14-15-6-4-9-26-13-15)11-5-10-27-21(30)20-19(25)17-12-16(24)7-8-18(17)28-20/h4,6-9,12-13,28H,5,10-11,14H2,1-3H3,(H,27,30). The first-order valence-corrected chi connectivity index (χ1v) is 11.0. The van der Waals surface area contributed by atoms with Gasteiger partial charge in [-0.3, -0.25) is 9.78 Å². The fraction of sp³-hybridized carbons (Fsp3) is 0.348. The van der Waals surface area contributed by atoms with Crippen LogP contribution in [0.25, 0.3) is 10.9 Å². The molecule has 0 fully saturated rings. The molecular formula is C23H26Cl2N4O3. The zero-order valence-corrected chi connectivity index (χ0v) is 19.8. The van der Waals surface area contributed by atoms with Crippen molar-refractivity contribution in [1.29, 1.82) is 0 Å². The van der Waals surface area contributed by atoms with Crippen molar-refractivity contribution in [1.82, 2.24) is 20.2 Å². The fourth-order valence-electron chi connectivity index (χ4n) is 3.12. The number of halogens is 2. The molecule has 170 valence electrons. The van der Waals surface area contributed by atoms with Crippen LogP contribution < -0.4 is 5.32 Å². The SMILES string of the molecule is CC(C)(C)OC(=O)N(CCCNC(=O)c1[nH]c2ccc(Cl)cc2c1Cl)Cc1cccnc1. The van der Waals surface area contributed by atoms with Crippen LogP contribution in [0.1, 0.15) is 43.2 Å². The molecule has 0 spiro atoms. The number of benzene rings is 1. The summed E-state index contributed by atoms with van der Waals surface area (Å²) in [5, 5.41) is 4.40. The van der Waals surface area contributed by atoms with Crippen LogP contribution in [-0.2, 0) is 11.3 Å². The van der Waals surface area contributed by atoms with E-state index in [1.165, 1.54) is 0 Å². The van der Waals surface area contributed by atoms with Crippen molar-refractivity contribution in [2.75, 3.05) is 13.1 Å². The number of pyridine rings is 1. The number of rotatable bonds is 7. The Morgan fingerprint density at radius 1 is 1.22 bits per heavy atom. The Kier molecular flexibility index (Phi) is 7.64.